The molecule has 0 saturated heterocycles. The van der Waals surface area contributed by atoms with Crippen LogP contribution in [-0.2, 0) is 13.0 Å². The zero-order valence-corrected chi connectivity index (χ0v) is 12.6. The van der Waals surface area contributed by atoms with E-state index in [1.807, 2.05) is 37.3 Å². The van der Waals surface area contributed by atoms with Gasteiger partial charge < -0.3 is 10.1 Å². The summed E-state index contributed by atoms with van der Waals surface area (Å²) in [6.07, 6.45) is 2.69. The zero-order valence-electron chi connectivity index (χ0n) is 11.8. The molecule has 2 rings (SSSR count). The van der Waals surface area contributed by atoms with Crippen LogP contribution in [0.15, 0.2) is 36.5 Å². The number of anilines is 1. The van der Waals surface area contributed by atoms with E-state index in [4.69, 9.17) is 16.3 Å². The first-order valence-electron chi connectivity index (χ1n) is 6.83. The summed E-state index contributed by atoms with van der Waals surface area (Å²) in [5.74, 6) is 1.71. The number of hydrogen-bond acceptors (Lipinski definition) is 3. The van der Waals surface area contributed by atoms with Gasteiger partial charge in [-0.05, 0) is 54.8 Å². The van der Waals surface area contributed by atoms with Crippen LogP contribution in [0.5, 0.6) is 5.75 Å². The van der Waals surface area contributed by atoms with E-state index in [0.29, 0.717) is 6.61 Å². The lowest BCUT2D eigenvalue weighted by molar-refractivity contribution is 0.306. The zero-order chi connectivity index (χ0) is 14.4. The fourth-order valence-electron chi connectivity index (χ4n) is 1.92. The molecule has 0 aliphatic carbocycles. The summed E-state index contributed by atoms with van der Waals surface area (Å²) in [6.45, 7) is 5.50. The second-order valence-electron chi connectivity index (χ2n) is 4.48. The van der Waals surface area contributed by atoms with Gasteiger partial charge in [-0.15, -0.1) is 0 Å². The second kappa shape index (κ2) is 7.15. The molecule has 1 aromatic carbocycles. The van der Waals surface area contributed by atoms with Crippen LogP contribution in [0.1, 0.15) is 25.0 Å². The van der Waals surface area contributed by atoms with E-state index in [9.17, 15) is 0 Å². The highest BCUT2D eigenvalue weighted by atomic mass is 35.5. The third-order valence-electron chi connectivity index (χ3n) is 2.99. The lowest BCUT2D eigenvalue weighted by Gasteiger charge is -2.10. The third kappa shape index (κ3) is 3.87. The predicted octanol–water partition coefficient (Wildman–Crippen LogP) is 4.31. The molecule has 4 heteroatoms. The third-order valence-corrected chi connectivity index (χ3v) is 3.35. The molecule has 0 bridgehead atoms. The van der Waals surface area contributed by atoms with Crippen LogP contribution >= 0.6 is 11.6 Å². The van der Waals surface area contributed by atoms with Crippen LogP contribution in [-0.4, -0.2) is 11.5 Å². The highest BCUT2D eigenvalue weighted by Crippen LogP contribution is 2.23. The van der Waals surface area contributed by atoms with Gasteiger partial charge in [0.05, 0.1) is 0 Å². The Morgan fingerprint density at radius 1 is 1.20 bits per heavy atom. The second-order valence-corrected chi connectivity index (χ2v) is 4.88. The smallest absolute Gasteiger partial charge is 0.126 e. The minimum atomic E-state index is 0.520. The monoisotopic (exact) mass is 290 g/mol. The normalized spacial score (nSPS) is 10.3. The van der Waals surface area contributed by atoms with Gasteiger partial charge in [0.25, 0.3) is 0 Å². The lowest BCUT2D eigenvalue weighted by Crippen LogP contribution is -2.01. The van der Waals surface area contributed by atoms with Gasteiger partial charge in [0.1, 0.15) is 18.2 Å². The first-order valence-corrected chi connectivity index (χ1v) is 7.20. The average Bonchev–Trinajstić information content (AvgIpc) is 2.47. The van der Waals surface area contributed by atoms with Crippen molar-refractivity contribution in [3.8, 4) is 5.75 Å². The summed E-state index contributed by atoms with van der Waals surface area (Å²) >= 11 is 6.10. The maximum Gasteiger partial charge on any atom is 0.126 e. The average molecular weight is 291 g/mol. The summed E-state index contributed by atoms with van der Waals surface area (Å²) in [4.78, 5) is 4.24. The Bertz CT molecular complexity index is 572. The molecule has 0 aliphatic rings. The van der Waals surface area contributed by atoms with E-state index >= 15 is 0 Å². The summed E-state index contributed by atoms with van der Waals surface area (Å²) in [7, 11) is 0. The molecule has 3 nitrogen and oxygen atoms in total. The van der Waals surface area contributed by atoms with Crippen molar-refractivity contribution < 1.29 is 4.74 Å². The van der Waals surface area contributed by atoms with Crippen LogP contribution in [0, 0.1) is 0 Å². The molecule has 106 valence electrons. The minimum Gasteiger partial charge on any atom is -0.489 e. The number of aryl methyl sites for hydroxylation is 1. The van der Waals surface area contributed by atoms with Gasteiger partial charge in [-0.2, -0.15) is 0 Å². The van der Waals surface area contributed by atoms with Crippen molar-refractivity contribution in [3.05, 3.63) is 52.7 Å². The number of rotatable bonds is 6. The molecular formula is C16H19ClN2O. The lowest BCUT2D eigenvalue weighted by atomic mass is 10.1. The highest BCUT2D eigenvalue weighted by molar-refractivity contribution is 6.31. The molecule has 0 atom stereocenters. The SMILES string of the molecule is CCNc1cc(COc2ccc(Cl)c(CC)c2)ccn1. The van der Waals surface area contributed by atoms with E-state index < -0.39 is 0 Å². The topological polar surface area (TPSA) is 34.1 Å². The van der Waals surface area contributed by atoms with Gasteiger partial charge in [0.15, 0.2) is 0 Å². The highest BCUT2D eigenvalue weighted by Gasteiger charge is 2.02. The minimum absolute atomic E-state index is 0.520. The molecule has 20 heavy (non-hydrogen) atoms. The maximum atomic E-state index is 6.10. The molecular weight excluding hydrogens is 272 g/mol. The maximum absolute atomic E-state index is 6.10. The fourth-order valence-corrected chi connectivity index (χ4v) is 2.17. The Labute approximate surface area is 124 Å². The molecule has 1 aromatic heterocycles. The number of nitrogens with one attached hydrogen (secondary N) is 1. The number of halogens is 1. The summed E-state index contributed by atoms with van der Waals surface area (Å²) in [6, 6.07) is 9.73. The van der Waals surface area contributed by atoms with Gasteiger partial charge >= 0.3 is 0 Å². The molecule has 1 N–H and O–H groups in total. The Kier molecular flexibility index (Phi) is 5.24. The van der Waals surface area contributed by atoms with Crippen LogP contribution < -0.4 is 10.1 Å². The first-order chi connectivity index (χ1) is 9.72. The standard InChI is InChI=1S/C16H19ClN2O/c1-3-13-10-14(5-6-15(13)17)20-11-12-7-8-19-16(9-12)18-4-2/h5-10H,3-4,11H2,1-2H3,(H,18,19). The molecule has 0 amide bonds. The number of nitrogens with zero attached hydrogens (tertiary/aromatic N) is 1. The number of benzene rings is 1. The van der Waals surface area contributed by atoms with Crippen molar-refractivity contribution >= 4 is 17.4 Å². The number of aromatic nitrogens is 1. The molecule has 0 spiro atoms. The van der Waals surface area contributed by atoms with E-state index in [2.05, 4.69) is 17.2 Å². The molecule has 2 aromatic rings. The van der Waals surface area contributed by atoms with Gasteiger partial charge in [-0.3, -0.25) is 0 Å². The van der Waals surface area contributed by atoms with Crippen LogP contribution in [0.3, 0.4) is 0 Å². The number of pyridine rings is 1. The predicted molar refractivity (Wildman–Crippen MR) is 83.6 cm³/mol. The van der Waals surface area contributed by atoms with Crippen molar-refractivity contribution in [2.75, 3.05) is 11.9 Å². The van der Waals surface area contributed by atoms with Gasteiger partial charge in [-0.25, -0.2) is 4.98 Å². The van der Waals surface area contributed by atoms with Crippen molar-refractivity contribution in [2.45, 2.75) is 26.9 Å². The van der Waals surface area contributed by atoms with Crippen molar-refractivity contribution in [1.29, 1.82) is 0 Å². The summed E-state index contributed by atoms with van der Waals surface area (Å²) in [5.41, 5.74) is 2.19. The molecule has 0 aliphatic heterocycles. The Morgan fingerprint density at radius 2 is 2.05 bits per heavy atom. The van der Waals surface area contributed by atoms with E-state index in [1.165, 1.54) is 0 Å². The van der Waals surface area contributed by atoms with Gasteiger partial charge in [0.2, 0.25) is 0 Å². The van der Waals surface area contributed by atoms with E-state index in [1.54, 1.807) is 6.20 Å². The molecule has 0 saturated carbocycles. The quantitative estimate of drug-likeness (QED) is 0.861. The summed E-state index contributed by atoms with van der Waals surface area (Å²) in [5, 5.41) is 3.98. The molecule has 1 heterocycles. The molecule has 0 radical (unpaired) electrons. The van der Waals surface area contributed by atoms with Crippen molar-refractivity contribution in [1.82, 2.24) is 4.98 Å². The number of ether oxygens (including phenoxy) is 1. The van der Waals surface area contributed by atoms with Crippen molar-refractivity contribution in [3.63, 3.8) is 0 Å². The van der Waals surface area contributed by atoms with E-state index in [0.717, 1.165) is 40.7 Å². The Hall–Kier alpha value is -1.74. The number of hydrogen-bond donors (Lipinski definition) is 1. The van der Waals surface area contributed by atoms with Gasteiger partial charge in [0, 0.05) is 17.8 Å². The molecule has 0 unspecified atom stereocenters. The van der Waals surface area contributed by atoms with Crippen LogP contribution in [0.25, 0.3) is 0 Å². The fraction of sp³-hybridized carbons (Fsp3) is 0.312. The molecule has 0 fully saturated rings. The van der Waals surface area contributed by atoms with Crippen LogP contribution in [0.2, 0.25) is 5.02 Å². The van der Waals surface area contributed by atoms with Crippen molar-refractivity contribution in [2.24, 2.45) is 0 Å². The Morgan fingerprint density at radius 3 is 2.80 bits per heavy atom. The van der Waals surface area contributed by atoms with E-state index in [-0.39, 0.29) is 0 Å². The summed E-state index contributed by atoms with van der Waals surface area (Å²) < 4.78 is 5.81. The Balaban J connectivity index is 2.03. The van der Waals surface area contributed by atoms with Crippen LogP contribution in [0.4, 0.5) is 5.82 Å². The largest absolute Gasteiger partial charge is 0.489 e. The van der Waals surface area contributed by atoms with Gasteiger partial charge in [-0.1, -0.05) is 18.5 Å². The first kappa shape index (κ1) is 14.7.